The second-order valence-corrected chi connectivity index (χ2v) is 3.57. The van der Waals surface area contributed by atoms with E-state index in [1.165, 1.54) is 0 Å². The first kappa shape index (κ1) is 10.9. The standard InChI is InChI=1S/C10H20N4/c1-4-6-14(7-5-2)10-9(11)8-13(3)12-10/h8H,4-7,11H2,1-3H3. The lowest BCUT2D eigenvalue weighted by Gasteiger charge is -2.21. The summed E-state index contributed by atoms with van der Waals surface area (Å²) in [6.07, 6.45) is 4.10. The Balaban J connectivity index is 2.80. The molecular formula is C10H20N4. The fraction of sp³-hybridized carbons (Fsp3) is 0.700. The largest absolute Gasteiger partial charge is 0.394 e. The van der Waals surface area contributed by atoms with E-state index in [9.17, 15) is 0 Å². The molecule has 0 aliphatic carbocycles. The molecule has 0 atom stereocenters. The van der Waals surface area contributed by atoms with Crippen molar-refractivity contribution < 1.29 is 0 Å². The highest BCUT2D eigenvalue weighted by Gasteiger charge is 2.11. The number of aryl methyl sites for hydroxylation is 1. The van der Waals surface area contributed by atoms with Gasteiger partial charge in [-0.25, -0.2) is 0 Å². The lowest BCUT2D eigenvalue weighted by atomic mass is 10.3. The Bertz CT molecular complexity index is 274. The van der Waals surface area contributed by atoms with Crippen molar-refractivity contribution in [2.75, 3.05) is 23.7 Å². The first-order valence-electron chi connectivity index (χ1n) is 5.23. The smallest absolute Gasteiger partial charge is 0.173 e. The van der Waals surface area contributed by atoms with Crippen LogP contribution in [0.2, 0.25) is 0 Å². The summed E-state index contributed by atoms with van der Waals surface area (Å²) in [6, 6.07) is 0. The third-order valence-corrected chi connectivity index (χ3v) is 2.12. The van der Waals surface area contributed by atoms with Crippen LogP contribution in [0.3, 0.4) is 0 Å². The van der Waals surface area contributed by atoms with E-state index in [1.807, 2.05) is 13.2 Å². The van der Waals surface area contributed by atoms with Crippen molar-refractivity contribution in [3.05, 3.63) is 6.20 Å². The summed E-state index contributed by atoms with van der Waals surface area (Å²) in [7, 11) is 1.90. The van der Waals surface area contributed by atoms with Crippen LogP contribution in [0.1, 0.15) is 26.7 Å². The zero-order valence-electron chi connectivity index (χ0n) is 9.32. The predicted octanol–water partition coefficient (Wildman–Crippen LogP) is 1.63. The Hall–Kier alpha value is -1.19. The molecule has 2 N–H and O–H groups in total. The van der Waals surface area contributed by atoms with Crippen molar-refractivity contribution in [2.24, 2.45) is 7.05 Å². The van der Waals surface area contributed by atoms with E-state index in [1.54, 1.807) is 4.68 Å². The summed E-state index contributed by atoms with van der Waals surface area (Å²) in [5.74, 6) is 0.927. The first-order valence-corrected chi connectivity index (χ1v) is 5.23. The maximum absolute atomic E-state index is 5.88. The molecule has 0 saturated carbocycles. The molecule has 0 saturated heterocycles. The van der Waals surface area contributed by atoms with Crippen LogP contribution < -0.4 is 10.6 Å². The fourth-order valence-corrected chi connectivity index (χ4v) is 1.60. The Kier molecular flexibility index (Phi) is 3.80. The number of nitrogens with zero attached hydrogens (tertiary/aromatic N) is 3. The Morgan fingerprint density at radius 1 is 1.36 bits per heavy atom. The lowest BCUT2D eigenvalue weighted by molar-refractivity contribution is 0.705. The van der Waals surface area contributed by atoms with E-state index in [0.29, 0.717) is 0 Å². The van der Waals surface area contributed by atoms with Gasteiger partial charge in [-0.2, -0.15) is 5.10 Å². The zero-order chi connectivity index (χ0) is 10.6. The van der Waals surface area contributed by atoms with Crippen LogP contribution in [-0.4, -0.2) is 22.9 Å². The maximum atomic E-state index is 5.88. The summed E-state index contributed by atoms with van der Waals surface area (Å²) in [5.41, 5.74) is 6.65. The van der Waals surface area contributed by atoms with E-state index in [-0.39, 0.29) is 0 Å². The molecule has 0 spiro atoms. The van der Waals surface area contributed by atoms with Crippen LogP contribution in [0, 0.1) is 0 Å². The SMILES string of the molecule is CCCN(CCC)c1nn(C)cc1N. The third kappa shape index (κ3) is 2.40. The van der Waals surface area contributed by atoms with Gasteiger partial charge in [0.15, 0.2) is 5.82 Å². The Labute approximate surface area is 85.7 Å². The third-order valence-electron chi connectivity index (χ3n) is 2.12. The molecule has 0 fully saturated rings. The highest BCUT2D eigenvalue weighted by atomic mass is 15.3. The molecule has 0 aromatic carbocycles. The van der Waals surface area contributed by atoms with Crippen molar-refractivity contribution in [1.82, 2.24) is 9.78 Å². The van der Waals surface area contributed by atoms with Gasteiger partial charge in [-0.1, -0.05) is 13.8 Å². The van der Waals surface area contributed by atoms with Crippen molar-refractivity contribution in [2.45, 2.75) is 26.7 Å². The molecule has 0 aliphatic heterocycles. The minimum atomic E-state index is 0.773. The van der Waals surface area contributed by atoms with Crippen LogP contribution in [0.4, 0.5) is 11.5 Å². The van der Waals surface area contributed by atoms with Crippen LogP contribution in [0.25, 0.3) is 0 Å². The average molecular weight is 196 g/mol. The monoisotopic (exact) mass is 196 g/mol. The van der Waals surface area contributed by atoms with Crippen molar-refractivity contribution in [1.29, 1.82) is 0 Å². The van der Waals surface area contributed by atoms with Gasteiger partial charge < -0.3 is 10.6 Å². The van der Waals surface area contributed by atoms with Gasteiger partial charge in [0.05, 0.1) is 5.69 Å². The number of hydrogen-bond acceptors (Lipinski definition) is 3. The Morgan fingerprint density at radius 3 is 2.29 bits per heavy atom. The van der Waals surface area contributed by atoms with E-state index in [0.717, 1.165) is 37.4 Å². The molecule has 4 heteroatoms. The minimum absolute atomic E-state index is 0.773. The van der Waals surface area contributed by atoms with Gasteiger partial charge >= 0.3 is 0 Å². The van der Waals surface area contributed by atoms with E-state index in [4.69, 9.17) is 5.73 Å². The number of aromatic nitrogens is 2. The molecule has 0 bridgehead atoms. The van der Waals surface area contributed by atoms with E-state index < -0.39 is 0 Å². The van der Waals surface area contributed by atoms with Crippen molar-refractivity contribution in [3.63, 3.8) is 0 Å². The molecule has 4 nitrogen and oxygen atoms in total. The first-order chi connectivity index (χ1) is 6.69. The second-order valence-electron chi connectivity index (χ2n) is 3.57. The normalized spacial score (nSPS) is 10.5. The lowest BCUT2D eigenvalue weighted by Crippen LogP contribution is -2.26. The summed E-state index contributed by atoms with van der Waals surface area (Å²) in [5, 5.41) is 4.37. The molecule has 80 valence electrons. The Morgan fingerprint density at radius 2 is 1.93 bits per heavy atom. The number of hydrogen-bond donors (Lipinski definition) is 1. The van der Waals surface area contributed by atoms with Gasteiger partial charge in [0.1, 0.15) is 0 Å². The molecule has 0 unspecified atom stereocenters. The molecule has 0 aliphatic rings. The van der Waals surface area contributed by atoms with Gasteiger partial charge in [-0.05, 0) is 12.8 Å². The summed E-state index contributed by atoms with van der Waals surface area (Å²) in [6.45, 7) is 6.38. The van der Waals surface area contributed by atoms with E-state index in [2.05, 4.69) is 23.8 Å². The van der Waals surface area contributed by atoms with Gasteiger partial charge in [-0.15, -0.1) is 0 Å². The van der Waals surface area contributed by atoms with Crippen LogP contribution in [-0.2, 0) is 7.05 Å². The van der Waals surface area contributed by atoms with Gasteiger partial charge in [0.2, 0.25) is 0 Å². The van der Waals surface area contributed by atoms with Gasteiger partial charge in [0, 0.05) is 26.3 Å². The van der Waals surface area contributed by atoms with Crippen molar-refractivity contribution in [3.8, 4) is 0 Å². The second kappa shape index (κ2) is 4.88. The molecule has 1 heterocycles. The van der Waals surface area contributed by atoms with Crippen LogP contribution >= 0.6 is 0 Å². The highest BCUT2D eigenvalue weighted by Crippen LogP contribution is 2.20. The molecule has 14 heavy (non-hydrogen) atoms. The van der Waals surface area contributed by atoms with E-state index >= 15 is 0 Å². The number of nitrogens with two attached hydrogens (primary N) is 1. The fourth-order valence-electron chi connectivity index (χ4n) is 1.60. The highest BCUT2D eigenvalue weighted by molar-refractivity contribution is 5.61. The summed E-state index contributed by atoms with van der Waals surface area (Å²) < 4.78 is 1.77. The molecule has 1 aromatic heterocycles. The summed E-state index contributed by atoms with van der Waals surface area (Å²) >= 11 is 0. The van der Waals surface area contributed by atoms with Gasteiger partial charge in [0.25, 0.3) is 0 Å². The zero-order valence-corrected chi connectivity index (χ0v) is 9.32. The molecule has 1 aromatic rings. The number of rotatable bonds is 5. The molecular weight excluding hydrogens is 176 g/mol. The van der Waals surface area contributed by atoms with Crippen LogP contribution in [0.5, 0.6) is 0 Å². The number of anilines is 2. The average Bonchev–Trinajstić information content (AvgIpc) is 2.45. The topological polar surface area (TPSA) is 47.1 Å². The quantitative estimate of drug-likeness (QED) is 0.778. The molecule has 0 amide bonds. The van der Waals surface area contributed by atoms with Crippen molar-refractivity contribution >= 4 is 11.5 Å². The predicted molar refractivity (Wildman–Crippen MR) is 60.4 cm³/mol. The molecule has 1 rings (SSSR count). The molecule has 0 radical (unpaired) electrons. The maximum Gasteiger partial charge on any atom is 0.173 e. The summed E-state index contributed by atoms with van der Waals surface area (Å²) in [4.78, 5) is 2.25. The van der Waals surface area contributed by atoms with Gasteiger partial charge in [-0.3, -0.25) is 4.68 Å². The minimum Gasteiger partial charge on any atom is -0.394 e. The number of nitrogen functional groups attached to an aromatic ring is 1. The van der Waals surface area contributed by atoms with Crippen LogP contribution in [0.15, 0.2) is 6.20 Å².